The smallest absolute Gasteiger partial charge is 0.394 e. The zero-order valence-corrected chi connectivity index (χ0v) is 20.7. The van der Waals surface area contributed by atoms with Crippen LogP contribution in [0.3, 0.4) is 0 Å². The molecule has 0 aliphatic carbocycles. The number of nitrogens with zero attached hydrogens (tertiary/aromatic N) is 2. The van der Waals surface area contributed by atoms with Crippen molar-refractivity contribution in [3.8, 4) is 0 Å². The molecule has 13 heteroatoms. The normalized spacial score (nSPS) is 24.1. The Balaban J connectivity index is 1.79. The molecule has 1 heterocycles. The molecule has 6 atom stereocenters. The Bertz CT molecular complexity index is 1310. The monoisotopic (exact) mass is 561 g/mol. The van der Waals surface area contributed by atoms with Crippen LogP contribution in [0.1, 0.15) is 17.2 Å². The average Bonchev–Trinajstić information content (AvgIpc) is 2.95. The molecule has 0 radical (unpaired) electrons. The van der Waals surface area contributed by atoms with Gasteiger partial charge in [-0.15, -0.1) is 0 Å². The Kier molecular flexibility index (Phi) is 9.25. The lowest BCUT2D eigenvalue weighted by Gasteiger charge is -2.41. The minimum atomic E-state index is -5.14. The summed E-state index contributed by atoms with van der Waals surface area (Å²) in [5.41, 5.74) is 0.966. The number of aliphatic hydroxyl groups is 4. The minimum Gasteiger partial charge on any atom is -0.394 e. The van der Waals surface area contributed by atoms with Crippen molar-refractivity contribution in [1.29, 1.82) is 0 Å². The van der Waals surface area contributed by atoms with Gasteiger partial charge in [-0.1, -0.05) is 48.5 Å². The van der Waals surface area contributed by atoms with Gasteiger partial charge in [-0.3, -0.25) is 4.79 Å². The summed E-state index contributed by atoms with van der Waals surface area (Å²) < 4.78 is 50.4. The van der Waals surface area contributed by atoms with E-state index in [0.29, 0.717) is 11.3 Å². The number of halogens is 3. The Morgan fingerprint density at radius 2 is 1.57 bits per heavy atom. The fourth-order valence-electron chi connectivity index (χ4n) is 4.01. The predicted octanol–water partition coefficient (Wildman–Crippen LogP) is 3.51. The summed E-state index contributed by atoms with van der Waals surface area (Å²) in [6, 6.07) is 20.7. The first kappa shape index (κ1) is 29.3. The van der Waals surface area contributed by atoms with Crippen LogP contribution in [0, 0.1) is 0 Å². The molecule has 5 N–H and O–H groups in total. The number of benzene rings is 3. The van der Waals surface area contributed by atoms with Crippen molar-refractivity contribution in [3.63, 3.8) is 0 Å². The average molecular weight is 562 g/mol. The maximum absolute atomic E-state index is 13.0. The summed E-state index contributed by atoms with van der Waals surface area (Å²) >= 11 is 0. The van der Waals surface area contributed by atoms with Gasteiger partial charge in [0.25, 0.3) is 0 Å². The zero-order valence-electron chi connectivity index (χ0n) is 20.7. The first-order valence-electron chi connectivity index (χ1n) is 12.1. The number of hydrogen-bond donors (Lipinski definition) is 5. The Morgan fingerprint density at radius 3 is 2.20 bits per heavy atom. The highest BCUT2D eigenvalue weighted by Gasteiger charge is 2.45. The molecule has 1 amide bonds. The molecule has 1 saturated heterocycles. The second kappa shape index (κ2) is 12.6. The molecule has 1 aliphatic rings. The SMILES string of the molecule is O=C(Nc1ccc(N=Nc2ccccc2)c(C(OC2O[C@H](CO)[C@H](O)[C@H](O)[C@H]2O)c2ccccc2)c1)C(F)(F)F. The highest BCUT2D eigenvalue weighted by Crippen LogP contribution is 2.39. The van der Waals surface area contributed by atoms with Crippen molar-refractivity contribution < 1.29 is 47.9 Å². The summed E-state index contributed by atoms with van der Waals surface area (Å²) in [5, 5.41) is 50.7. The molecular weight excluding hydrogens is 535 g/mol. The van der Waals surface area contributed by atoms with E-state index in [1.807, 2.05) is 0 Å². The van der Waals surface area contributed by atoms with Gasteiger partial charge in [0.05, 0.1) is 18.0 Å². The molecule has 1 aliphatic heterocycles. The molecule has 0 bridgehead atoms. The Hall–Kier alpha value is -3.72. The van der Waals surface area contributed by atoms with E-state index in [2.05, 4.69) is 10.2 Å². The van der Waals surface area contributed by atoms with Crippen molar-refractivity contribution in [2.24, 2.45) is 10.2 Å². The number of ether oxygens (including phenoxy) is 2. The number of aliphatic hydroxyl groups excluding tert-OH is 4. The van der Waals surface area contributed by atoms with Gasteiger partial charge in [0.1, 0.15) is 30.5 Å². The van der Waals surface area contributed by atoms with Crippen LogP contribution in [-0.4, -0.2) is 69.8 Å². The molecule has 212 valence electrons. The molecule has 3 aromatic rings. The standard InChI is InChI=1S/C27H26F3N3O7/c28-27(29,30)26(38)31-17-11-12-19(33-32-16-9-5-2-6-10-16)18(13-17)24(15-7-3-1-4-8-15)40-25-23(37)22(36)21(35)20(14-34)39-25/h1-13,20-25,34-37H,14H2,(H,31,38)/t20-,21+,22+,23-,24?,25?/m1/s1. The molecule has 10 nitrogen and oxygen atoms in total. The minimum absolute atomic E-state index is 0.128. The summed E-state index contributed by atoms with van der Waals surface area (Å²) in [6.45, 7) is -0.698. The maximum Gasteiger partial charge on any atom is 0.471 e. The maximum atomic E-state index is 13.0. The molecule has 2 unspecified atom stereocenters. The summed E-state index contributed by atoms with van der Waals surface area (Å²) in [7, 11) is 0. The second-order valence-electron chi connectivity index (χ2n) is 8.89. The van der Waals surface area contributed by atoms with Gasteiger partial charge in [0.15, 0.2) is 6.29 Å². The van der Waals surface area contributed by atoms with Crippen LogP contribution in [-0.2, 0) is 14.3 Å². The van der Waals surface area contributed by atoms with Gasteiger partial charge in [0, 0.05) is 11.3 Å². The van der Waals surface area contributed by atoms with E-state index in [1.54, 1.807) is 66.0 Å². The summed E-state index contributed by atoms with van der Waals surface area (Å²) in [4.78, 5) is 11.6. The number of azo groups is 1. The van der Waals surface area contributed by atoms with E-state index in [4.69, 9.17) is 9.47 Å². The molecular formula is C27H26F3N3O7. The topological polar surface area (TPSA) is 153 Å². The van der Waals surface area contributed by atoms with Crippen molar-refractivity contribution in [2.45, 2.75) is 43.0 Å². The summed E-state index contributed by atoms with van der Waals surface area (Å²) in [6.07, 6.45) is -14.3. The van der Waals surface area contributed by atoms with Crippen LogP contribution in [0.2, 0.25) is 0 Å². The van der Waals surface area contributed by atoms with Crippen LogP contribution >= 0.6 is 0 Å². The molecule has 1 fully saturated rings. The molecule has 0 aromatic heterocycles. The van der Waals surface area contributed by atoms with Gasteiger partial charge in [-0.2, -0.15) is 23.4 Å². The van der Waals surface area contributed by atoms with E-state index in [0.717, 1.165) is 0 Å². The highest BCUT2D eigenvalue weighted by molar-refractivity contribution is 5.95. The zero-order chi connectivity index (χ0) is 28.9. The number of nitrogens with one attached hydrogen (secondary N) is 1. The third-order valence-corrected chi connectivity index (χ3v) is 6.08. The largest absolute Gasteiger partial charge is 0.471 e. The van der Waals surface area contributed by atoms with Crippen LogP contribution in [0.25, 0.3) is 0 Å². The summed E-state index contributed by atoms with van der Waals surface area (Å²) in [5.74, 6) is -2.19. The van der Waals surface area contributed by atoms with E-state index in [1.165, 1.54) is 18.2 Å². The van der Waals surface area contributed by atoms with E-state index >= 15 is 0 Å². The number of carbonyl (C=O) groups excluding carboxylic acids is 1. The Morgan fingerprint density at radius 1 is 0.925 bits per heavy atom. The van der Waals surface area contributed by atoms with Crippen LogP contribution in [0.5, 0.6) is 0 Å². The first-order chi connectivity index (χ1) is 19.1. The van der Waals surface area contributed by atoms with E-state index in [-0.39, 0.29) is 16.9 Å². The van der Waals surface area contributed by atoms with Crippen molar-refractivity contribution >= 4 is 23.0 Å². The van der Waals surface area contributed by atoms with Crippen LogP contribution < -0.4 is 5.32 Å². The highest BCUT2D eigenvalue weighted by atomic mass is 19.4. The fraction of sp³-hybridized carbons (Fsp3) is 0.296. The fourth-order valence-corrected chi connectivity index (χ4v) is 4.01. The quantitative estimate of drug-likeness (QED) is 0.264. The third kappa shape index (κ3) is 6.88. The van der Waals surface area contributed by atoms with Gasteiger partial charge in [0.2, 0.25) is 0 Å². The molecule has 0 saturated carbocycles. The lowest BCUT2D eigenvalue weighted by Crippen LogP contribution is -2.59. The van der Waals surface area contributed by atoms with Gasteiger partial charge < -0.3 is 35.2 Å². The predicted molar refractivity (Wildman–Crippen MR) is 135 cm³/mol. The number of carbonyl (C=O) groups is 1. The second-order valence-corrected chi connectivity index (χ2v) is 8.89. The third-order valence-electron chi connectivity index (χ3n) is 6.08. The lowest BCUT2D eigenvalue weighted by atomic mass is 9.97. The molecule has 3 aromatic carbocycles. The van der Waals surface area contributed by atoms with Crippen molar-refractivity contribution in [3.05, 3.63) is 90.0 Å². The van der Waals surface area contributed by atoms with Gasteiger partial charge >= 0.3 is 12.1 Å². The van der Waals surface area contributed by atoms with E-state index < -0.39 is 55.5 Å². The number of hydrogen-bond acceptors (Lipinski definition) is 9. The van der Waals surface area contributed by atoms with Gasteiger partial charge in [-0.25, -0.2) is 0 Å². The number of anilines is 1. The number of rotatable bonds is 8. The lowest BCUT2D eigenvalue weighted by molar-refractivity contribution is -0.309. The van der Waals surface area contributed by atoms with Gasteiger partial charge in [-0.05, 0) is 35.9 Å². The van der Waals surface area contributed by atoms with Crippen LogP contribution in [0.4, 0.5) is 30.2 Å². The number of alkyl halides is 3. The van der Waals surface area contributed by atoms with Crippen molar-refractivity contribution in [1.82, 2.24) is 0 Å². The molecule has 4 rings (SSSR count). The first-order valence-corrected chi connectivity index (χ1v) is 12.1. The Labute approximate surface area is 226 Å². The van der Waals surface area contributed by atoms with Crippen molar-refractivity contribution in [2.75, 3.05) is 11.9 Å². The molecule has 0 spiro atoms. The van der Waals surface area contributed by atoms with Crippen LogP contribution in [0.15, 0.2) is 89.1 Å². The van der Waals surface area contributed by atoms with E-state index in [9.17, 15) is 38.4 Å². The molecule has 40 heavy (non-hydrogen) atoms. The number of amides is 1.